The van der Waals surface area contributed by atoms with Crippen molar-refractivity contribution in [3.8, 4) is 28.4 Å². The second-order valence-electron chi connectivity index (χ2n) is 8.44. The average Bonchev–Trinajstić information content (AvgIpc) is 2.77. The zero-order chi connectivity index (χ0) is 21.9. The first-order valence-electron chi connectivity index (χ1n) is 10.2. The number of piperazine rings is 1. The average molecular weight is 413 g/mol. The van der Waals surface area contributed by atoms with Crippen molar-refractivity contribution < 1.29 is 19.0 Å². The number of methoxy groups -OCH3 is 3. The first kappa shape index (κ1) is 22.0. The Morgan fingerprint density at radius 2 is 1.43 bits per heavy atom. The van der Waals surface area contributed by atoms with Crippen molar-refractivity contribution in [2.45, 2.75) is 26.3 Å². The standard InChI is InChI=1S/C24H32N2O4/c1-24(2,3)26-12-10-25(11-13-26)23(27)18-9-7-8-17(14-18)19-15-20(28-4)22(30-6)21(16-19)29-5/h7-9,14-16H,10-13H2,1-6H3. The van der Waals surface area contributed by atoms with Gasteiger partial charge in [0.1, 0.15) is 0 Å². The molecule has 2 aromatic carbocycles. The first-order valence-corrected chi connectivity index (χ1v) is 10.2. The molecule has 1 amide bonds. The summed E-state index contributed by atoms with van der Waals surface area (Å²) >= 11 is 0. The van der Waals surface area contributed by atoms with Gasteiger partial charge in [-0.05, 0) is 56.2 Å². The van der Waals surface area contributed by atoms with Gasteiger partial charge in [-0.25, -0.2) is 0 Å². The molecular weight excluding hydrogens is 380 g/mol. The molecule has 162 valence electrons. The second-order valence-corrected chi connectivity index (χ2v) is 8.44. The van der Waals surface area contributed by atoms with Gasteiger partial charge in [-0.15, -0.1) is 0 Å². The molecule has 1 aliphatic heterocycles. The largest absolute Gasteiger partial charge is 0.493 e. The lowest BCUT2D eigenvalue weighted by atomic mass is 10.0. The summed E-state index contributed by atoms with van der Waals surface area (Å²) in [6, 6.07) is 11.5. The van der Waals surface area contributed by atoms with Crippen LogP contribution in [0.1, 0.15) is 31.1 Å². The molecule has 0 saturated carbocycles. The van der Waals surface area contributed by atoms with Crippen molar-refractivity contribution in [1.29, 1.82) is 0 Å². The summed E-state index contributed by atoms with van der Waals surface area (Å²) in [6.07, 6.45) is 0. The first-order chi connectivity index (χ1) is 14.3. The monoisotopic (exact) mass is 412 g/mol. The number of ether oxygens (including phenoxy) is 3. The van der Waals surface area contributed by atoms with E-state index in [-0.39, 0.29) is 11.4 Å². The molecule has 0 aliphatic carbocycles. The van der Waals surface area contributed by atoms with E-state index < -0.39 is 0 Å². The van der Waals surface area contributed by atoms with Crippen molar-refractivity contribution in [2.75, 3.05) is 47.5 Å². The smallest absolute Gasteiger partial charge is 0.253 e. The molecule has 1 saturated heterocycles. The molecule has 2 aromatic rings. The van der Waals surface area contributed by atoms with Crippen LogP contribution in [0.4, 0.5) is 0 Å². The Morgan fingerprint density at radius 1 is 0.833 bits per heavy atom. The third-order valence-electron chi connectivity index (χ3n) is 5.62. The Bertz CT molecular complexity index is 871. The highest BCUT2D eigenvalue weighted by Gasteiger charge is 2.28. The molecule has 1 aliphatic rings. The van der Waals surface area contributed by atoms with E-state index in [4.69, 9.17) is 14.2 Å². The van der Waals surface area contributed by atoms with Gasteiger partial charge in [-0.2, -0.15) is 0 Å². The maximum atomic E-state index is 13.1. The maximum absolute atomic E-state index is 13.1. The Balaban J connectivity index is 1.84. The highest BCUT2D eigenvalue weighted by atomic mass is 16.5. The zero-order valence-corrected chi connectivity index (χ0v) is 18.8. The number of carbonyl (C=O) groups excluding carboxylic acids is 1. The molecule has 1 fully saturated rings. The summed E-state index contributed by atoms with van der Waals surface area (Å²) in [6.45, 7) is 9.90. The minimum atomic E-state index is 0.0675. The van der Waals surface area contributed by atoms with Gasteiger partial charge >= 0.3 is 0 Å². The lowest BCUT2D eigenvalue weighted by Gasteiger charge is -2.42. The molecule has 0 bridgehead atoms. The van der Waals surface area contributed by atoms with Crippen LogP contribution in [0, 0.1) is 0 Å². The van der Waals surface area contributed by atoms with Crippen molar-refractivity contribution >= 4 is 5.91 Å². The van der Waals surface area contributed by atoms with Gasteiger partial charge in [0.15, 0.2) is 11.5 Å². The molecule has 30 heavy (non-hydrogen) atoms. The molecule has 6 heteroatoms. The third-order valence-corrected chi connectivity index (χ3v) is 5.62. The highest BCUT2D eigenvalue weighted by Crippen LogP contribution is 2.41. The second kappa shape index (κ2) is 8.96. The van der Waals surface area contributed by atoms with E-state index in [1.807, 2.05) is 41.3 Å². The molecule has 0 spiro atoms. The fraction of sp³-hybridized carbons (Fsp3) is 0.458. The predicted octanol–water partition coefficient (Wildman–Crippen LogP) is 3.94. The lowest BCUT2D eigenvalue weighted by Crippen LogP contribution is -2.54. The zero-order valence-electron chi connectivity index (χ0n) is 18.8. The molecule has 0 unspecified atom stereocenters. The number of nitrogens with zero attached hydrogens (tertiary/aromatic N) is 2. The molecule has 0 N–H and O–H groups in total. The van der Waals surface area contributed by atoms with Crippen molar-refractivity contribution in [2.24, 2.45) is 0 Å². The van der Waals surface area contributed by atoms with Gasteiger partial charge in [0.2, 0.25) is 5.75 Å². The summed E-state index contributed by atoms with van der Waals surface area (Å²) < 4.78 is 16.3. The Kier molecular flexibility index (Phi) is 6.56. The molecule has 0 aromatic heterocycles. The molecule has 6 nitrogen and oxygen atoms in total. The van der Waals surface area contributed by atoms with Gasteiger partial charge in [0.25, 0.3) is 5.91 Å². The van der Waals surface area contributed by atoms with Crippen molar-refractivity contribution in [3.05, 3.63) is 42.0 Å². The van der Waals surface area contributed by atoms with Gasteiger partial charge < -0.3 is 19.1 Å². The van der Waals surface area contributed by atoms with Crippen LogP contribution in [0.2, 0.25) is 0 Å². The minimum Gasteiger partial charge on any atom is -0.493 e. The number of carbonyl (C=O) groups is 1. The maximum Gasteiger partial charge on any atom is 0.253 e. The number of hydrogen-bond acceptors (Lipinski definition) is 5. The van der Waals surface area contributed by atoms with Crippen LogP contribution in [0.5, 0.6) is 17.2 Å². The fourth-order valence-corrected chi connectivity index (χ4v) is 3.84. The van der Waals surface area contributed by atoms with Gasteiger partial charge in [0.05, 0.1) is 21.3 Å². The molecular formula is C24H32N2O4. The fourth-order valence-electron chi connectivity index (χ4n) is 3.84. The van der Waals surface area contributed by atoms with E-state index in [9.17, 15) is 4.79 Å². The summed E-state index contributed by atoms with van der Waals surface area (Å²) in [7, 11) is 4.77. The Hall–Kier alpha value is -2.73. The summed E-state index contributed by atoms with van der Waals surface area (Å²) in [5.41, 5.74) is 2.64. The van der Waals surface area contributed by atoms with Crippen LogP contribution in [0.3, 0.4) is 0 Å². The molecule has 1 heterocycles. The van der Waals surface area contributed by atoms with Crippen LogP contribution in [0.15, 0.2) is 36.4 Å². The van der Waals surface area contributed by atoms with E-state index >= 15 is 0 Å². The van der Waals surface area contributed by atoms with Crippen molar-refractivity contribution in [1.82, 2.24) is 9.80 Å². The summed E-state index contributed by atoms with van der Waals surface area (Å²) in [5, 5.41) is 0. The van der Waals surface area contributed by atoms with Gasteiger partial charge in [-0.3, -0.25) is 9.69 Å². The van der Waals surface area contributed by atoms with Gasteiger partial charge in [-0.1, -0.05) is 12.1 Å². The third kappa shape index (κ3) is 4.54. The number of rotatable bonds is 5. The van der Waals surface area contributed by atoms with E-state index in [2.05, 4.69) is 25.7 Å². The quantitative estimate of drug-likeness (QED) is 0.745. The normalized spacial score (nSPS) is 15.1. The van der Waals surface area contributed by atoms with E-state index in [0.29, 0.717) is 22.8 Å². The Labute approximate surface area is 179 Å². The number of hydrogen-bond donors (Lipinski definition) is 0. The SMILES string of the molecule is COc1cc(-c2cccc(C(=O)N3CCN(C(C)(C)C)CC3)c2)cc(OC)c1OC. The van der Waals surface area contributed by atoms with Crippen LogP contribution < -0.4 is 14.2 Å². The van der Waals surface area contributed by atoms with Crippen molar-refractivity contribution in [3.63, 3.8) is 0 Å². The molecule has 3 rings (SSSR count). The van der Waals surface area contributed by atoms with Gasteiger partial charge in [0, 0.05) is 37.3 Å². The van der Waals surface area contributed by atoms with Crippen LogP contribution in [0.25, 0.3) is 11.1 Å². The Morgan fingerprint density at radius 3 is 1.93 bits per heavy atom. The predicted molar refractivity (Wildman–Crippen MR) is 119 cm³/mol. The molecule has 0 radical (unpaired) electrons. The van der Waals surface area contributed by atoms with E-state index in [0.717, 1.165) is 37.3 Å². The number of benzene rings is 2. The van der Waals surface area contributed by atoms with E-state index in [1.54, 1.807) is 21.3 Å². The summed E-state index contributed by atoms with van der Waals surface area (Å²) in [5.74, 6) is 1.79. The van der Waals surface area contributed by atoms with E-state index in [1.165, 1.54) is 0 Å². The van der Waals surface area contributed by atoms with Crippen LogP contribution >= 0.6 is 0 Å². The highest BCUT2D eigenvalue weighted by molar-refractivity contribution is 5.95. The molecule has 0 atom stereocenters. The number of amides is 1. The topological polar surface area (TPSA) is 51.2 Å². The van der Waals surface area contributed by atoms with Crippen LogP contribution in [-0.2, 0) is 0 Å². The summed E-state index contributed by atoms with van der Waals surface area (Å²) in [4.78, 5) is 17.5. The van der Waals surface area contributed by atoms with Crippen LogP contribution in [-0.4, -0.2) is 68.8 Å². The minimum absolute atomic E-state index is 0.0675. The lowest BCUT2D eigenvalue weighted by molar-refractivity contribution is 0.0451.